The van der Waals surface area contributed by atoms with Crippen molar-refractivity contribution in [1.82, 2.24) is 4.90 Å². The van der Waals surface area contributed by atoms with E-state index in [4.69, 9.17) is 14.2 Å². The van der Waals surface area contributed by atoms with E-state index in [2.05, 4.69) is 0 Å². The molecule has 25 heavy (non-hydrogen) atoms. The monoisotopic (exact) mass is 355 g/mol. The maximum absolute atomic E-state index is 14.6. The van der Waals surface area contributed by atoms with Crippen LogP contribution in [0.25, 0.3) is 0 Å². The molecule has 7 heteroatoms. The molecule has 0 aliphatic heterocycles. The van der Waals surface area contributed by atoms with Crippen LogP contribution in [0, 0.1) is 5.82 Å². The number of hydrogen-bond donors (Lipinski definition) is 0. The average Bonchev–Trinajstić information content (AvgIpc) is 2.59. The first-order valence-electron chi connectivity index (χ1n) is 8.48. The van der Waals surface area contributed by atoms with Crippen molar-refractivity contribution >= 4 is 11.9 Å². The van der Waals surface area contributed by atoms with Gasteiger partial charge < -0.3 is 19.1 Å². The zero-order valence-electron chi connectivity index (χ0n) is 15.3. The smallest absolute Gasteiger partial charge is 0.310 e. The maximum Gasteiger partial charge on any atom is 0.310 e. The molecule has 1 rings (SSSR count). The molecule has 6 nitrogen and oxygen atoms in total. The molecule has 140 valence electrons. The minimum atomic E-state index is -0.678. The minimum Gasteiger partial charge on any atom is -0.487 e. The molecule has 0 N–H and O–H groups in total. The summed E-state index contributed by atoms with van der Waals surface area (Å²) in [4.78, 5) is 25.2. The first-order valence-corrected chi connectivity index (χ1v) is 8.48. The Kier molecular flexibility index (Phi) is 8.74. The summed E-state index contributed by atoms with van der Waals surface area (Å²) in [5.41, 5.74) is 0.157. The molecular weight excluding hydrogens is 329 g/mol. The predicted octanol–water partition coefficient (Wildman–Crippen LogP) is 2.58. The Bertz CT molecular complexity index is 587. The van der Waals surface area contributed by atoms with E-state index in [0.29, 0.717) is 13.1 Å². The van der Waals surface area contributed by atoms with E-state index < -0.39 is 11.8 Å². The number of ether oxygens (including phenoxy) is 3. The normalized spacial score (nSPS) is 10.3. The fourth-order valence-electron chi connectivity index (χ4n) is 2.28. The first kappa shape index (κ1) is 20.7. The Labute approximate surface area is 147 Å². The summed E-state index contributed by atoms with van der Waals surface area (Å²) >= 11 is 0. The van der Waals surface area contributed by atoms with E-state index in [-0.39, 0.29) is 49.2 Å². The second-order valence-electron chi connectivity index (χ2n) is 5.14. The maximum atomic E-state index is 14.6. The predicted molar refractivity (Wildman–Crippen MR) is 91.3 cm³/mol. The van der Waals surface area contributed by atoms with Crippen molar-refractivity contribution in [2.75, 3.05) is 32.9 Å². The third-order valence-corrected chi connectivity index (χ3v) is 3.54. The van der Waals surface area contributed by atoms with Crippen molar-refractivity contribution in [2.45, 2.75) is 34.1 Å². The molecule has 0 saturated carbocycles. The van der Waals surface area contributed by atoms with Gasteiger partial charge in [0, 0.05) is 18.7 Å². The zero-order chi connectivity index (χ0) is 18.8. The van der Waals surface area contributed by atoms with Gasteiger partial charge in [-0.1, -0.05) is 6.07 Å². The highest BCUT2D eigenvalue weighted by Gasteiger charge is 2.20. The van der Waals surface area contributed by atoms with Crippen LogP contribution >= 0.6 is 0 Å². The van der Waals surface area contributed by atoms with E-state index >= 15 is 0 Å². The molecule has 0 radical (unpaired) electrons. The van der Waals surface area contributed by atoms with E-state index in [1.54, 1.807) is 18.7 Å². The molecule has 0 bridgehead atoms. The van der Waals surface area contributed by atoms with Crippen LogP contribution < -0.4 is 9.47 Å². The minimum absolute atomic E-state index is 0.100. The topological polar surface area (TPSA) is 65.1 Å². The van der Waals surface area contributed by atoms with Crippen LogP contribution in [0.3, 0.4) is 0 Å². The molecule has 1 aromatic carbocycles. The van der Waals surface area contributed by atoms with Crippen molar-refractivity contribution < 1.29 is 28.2 Å². The van der Waals surface area contributed by atoms with E-state index in [9.17, 15) is 14.0 Å². The largest absolute Gasteiger partial charge is 0.487 e. The van der Waals surface area contributed by atoms with Crippen LogP contribution in [0.4, 0.5) is 4.39 Å². The summed E-state index contributed by atoms with van der Waals surface area (Å²) in [5, 5.41) is 0. The Hall–Kier alpha value is -2.31. The summed E-state index contributed by atoms with van der Waals surface area (Å²) < 4.78 is 30.2. The van der Waals surface area contributed by atoms with Crippen LogP contribution in [0.15, 0.2) is 12.1 Å². The summed E-state index contributed by atoms with van der Waals surface area (Å²) in [6.07, 6.45) is -0.196. The Morgan fingerprint density at radius 3 is 2.28 bits per heavy atom. The van der Waals surface area contributed by atoms with Crippen molar-refractivity contribution in [3.63, 3.8) is 0 Å². The van der Waals surface area contributed by atoms with Crippen LogP contribution in [0.2, 0.25) is 0 Å². The van der Waals surface area contributed by atoms with Crippen LogP contribution in [-0.4, -0.2) is 49.7 Å². The molecule has 0 heterocycles. The highest BCUT2D eigenvalue weighted by Crippen LogP contribution is 2.33. The lowest BCUT2D eigenvalue weighted by Crippen LogP contribution is -2.34. The van der Waals surface area contributed by atoms with E-state index in [1.165, 1.54) is 12.1 Å². The molecule has 0 spiro atoms. The Balaban J connectivity index is 2.94. The van der Waals surface area contributed by atoms with Crippen molar-refractivity contribution in [3.05, 3.63) is 23.5 Å². The lowest BCUT2D eigenvalue weighted by atomic mass is 10.1. The lowest BCUT2D eigenvalue weighted by Gasteiger charge is -2.20. The van der Waals surface area contributed by atoms with Gasteiger partial charge in [-0.15, -0.1) is 0 Å². The van der Waals surface area contributed by atoms with Gasteiger partial charge in [-0.2, -0.15) is 0 Å². The van der Waals surface area contributed by atoms with Gasteiger partial charge in [0.15, 0.2) is 23.9 Å². The Morgan fingerprint density at radius 1 is 1.04 bits per heavy atom. The number of benzene rings is 1. The van der Waals surface area contributed by atoms with Gasteiger partial charge in [-0.3, -0.25) is 9.59 Å². The third kappa shape index (κ3) is 5.92. The zero-order valence-corrected chi connectivity index (χ0v) is 15.3. The summed E-state index contributed by atoms with van der Waals surface area (Å²) in [6, 6.07) is 2.93. The number of carbonyl (C=O) groups is 2. The number of likely N-dealkylation sites (N-methyl/N-ethyl adjacent to an activating group) is 1. The molecule has 1 aromatic rings. The number of hydrogen-bond acceptors (Lipinski definition) is 5. The fourth-order valence-corrected chi connectivity index (χ4v) is 2.28. The summed E-state index contributed by atoms with van der Waals surface area (Å²) in [6.45, 7) is 8.53. The molecule has 0 atom stereocenters. The average molecular weight is 355 g/mol. The Morgan fingerprint density at radius 2 is 1.72 bits per heavy atom. The molecule has 0 aromatic heterocycles. The second kappa shape index (κ2) is 10.5. The van der Waals surface area contributed by atoms with Crippen LogP contribution in [0.1, 0.15) is 33.3 Å². The number of halogens is 1. The van der Waals surface area contributed by atoms with Crippen LogP contribution in [-0.2, 0) is 20.7 Å². The van der Waals surface area contributed by atoms with Crippen molar-refractivity contribution in [1.29, 1.82) is 0 Å². The molecule has 1 amide bonds. The highest BCUT2D eigenvalue weighted by molar-refractivity contribution is 5.78. The lowest BCUT2D eigenvalue weighted by molar-refractivity contribution is -0.142. The van der Waals surface area contributed by atoms with Gasteiger partial charge in [0.2, 0.25) is 0 Å². The number of carbonyl (C=O) groups excluding carboxylic acids is 2. The molecule has 0 aliphatic rings. The molecule has 0 aliphatic carbocycles. The van der Waals surface area contributed by atoms with Crippen molar-refractivity contribution in [3.8, 4) is 11.5 Å². The van der Waals surface area contributed by atoms with Gasteiger partial charge in [0.1, 0.15) is 0 Å². The molecular formula is C18H26FNO5. The molecule has 0 saturated heterocycles. The fraction of sp³-hybridized carbons (Fsp3) is 0.556. The van der Waals surface area contributed by atoms with E-state index in [0.717, 1.165) is 0 Å². The second-order valence-corrected chi connectivity index (χ2v) is 5.14. The molecule has 0 fully saturated rings. The number of esters is 1. The van der Waals surface area contributed by atoms with Gasteiger partial charge in [0.25, 0.3) is 5.91 Å². The number of rotatable bonds is 10. The standard InChI is InChI=1S/C18H26FNO5/c1-5-20(6-2)15(21)12-25-14-10-9-13(11-16(22)23-7-3)17(19)18(14)24-8-4/h9-10H,5-8,11-12H2,1-4H3. The third-order valence-electron chi connectivity index (χ3n) is 3.54. The SMILES string of the molecule is CCOC(=O)Cc1ccc(OCC(=O)N(CC)CC)c(OCC)c1F. The quantitative estimate of drug-likeness (QED) is 0.604. The van der Waals surface area contributed by atoms with E-state index in [1.807, 2.05) is 13.8 Å². The summed E-state index contributed by atoms with van der Waals surface area (Å²) in [5.74, 6) is -1.36. The van der Waals surface area contributed by atoms with Gasteiger partial charge in [0.05, 0.1) is 19.6 Å². The van der Waals surface area contributed by atoms with Crippen LogP contribution in [0.5, 0.6) is 11.5 Å². The van der Waals surface area contributed by atoms with Gasteiger partial charge in [-0.05, 0) is 33.8 Å². The van der Waals surface area contributed by atoms with Gasteiger partial charge in [-0.25, -0.2) is 4.39 Å². The highest BCUT2D eigenvalue weighted by atomic mass is 19.1. The summed E-state index contributed by atoms with van der Waals surface area (Å²) in [7, 11) is 0. The number of nitrogens with zero attached hydrogens (tertiary/aromatic N) is 1. The first-order chi connectivity index (χ1) is 12.0. The number of amides is 1. The van der Waals surface area contributed by atoms with Crippen molar-refractivity contribution in [2.24, 2.45) is 0 Å². The molecule has 0 unspecified atom stereocenters. The van der Waals surface area contributed by atoms with Gasteiger partial charge >= 0.3 is 5.97 Å².